The predicted molar refractivity (Wildman–Crippen MR) is 77.3 cm³/mol. The van der Waals surface area contributed by atoms with Crippen molar-refractivity contribution in [3.05, 3.63) is 84.5 Å². The van der Waals surface area contributed by atoms with Crippen molar-refractivity contribution in [2.24, 2.45) is 0 Å². The van der Waals surface area contributed by atoms with Gasteiger partial charge in [-0.3, -0.25) is 0 Å². The fourth-order valence-electron chi connectivity index (χ4n) is 2.23. The summed E-state index contributed by atoms with van der Waals surface area (Å²) < 4.78 is 0. The van der Waals surface area contributed by atoms with E-state index < -0.39 is 0 Å². The molecule has 0 amide bonds. The van der Waals surface area contributed by atoms with E-state index in [0.717, 1.165) is 6.54 Å². The molecule has 88 valence electrons. The van der Waals surface area contributed by atoms with Gasteiger partial charge in [-0.15, -0.1) is 0 Å². The predicted octanol–water partition coefficient (Wildman–Crippen LogP) is 4.10. The summed E-state index contributed by atoms with van der Waals surface area (Å²) in [5.41, 5.74) is 3.74. The minimum Gasteiger partial charge on any atom is -0.337 e. The Morgan fingerprint density at radius 1 is 0.778 bits per heavy atom. The third-order valence-electron chi connectivity index (χ3n) is 3.11. The van der Waals surface area contributed by atoms with Gasteiger partial charge in [-0.1, -0.05) is 60.7 Å². The maximum atomic E-state index is 2.33. The molecule has 1 heterocycles. The van der Waals surface area contributed by atoms with E-state index in [9.17, 15) is 0 Å². The van der Waals surface area contributed by atoms with E-state index in [4.69, 9.17) is 0 Å². The van der Waals surface area contributed by atoms with Crippen molar-refractivity contribution < 1.29 is 0 Å². The lowest BCUT2D eigenvalue weighted by Crippen LogP contribution is -2.23. The molecule has 1 aliphatic heterocycles. The van der Waals surface area contributed by atoms with Crippen molar-refractivity contribution in [2.75, 3.05) is 11.4 Å². The number of anilines is 1. The molecule has 18 heavy (non-hydrogen) atoms. The Morgan fingerprint density at radius 3 is 2.17 bits per heavy atom. The second-order valence-electron chi connectivity index (χ2n) is 4.29. The van der Waals surface area contributed by atoms with Gasteiger partial charge in [-0.2, -0.15) is 0 Å². The number of hydrogen-bond acceptors (Lipinski definition) is 1. The Morgan fingerprint density at radius 2 is 1.44 bits per heavy atom. The van der Waals surface area contributed by atoms with Crippen molar-refractivity contribution in [2.45, 2.75) is 0 Å². The first-order chi connectivity index (χ1) is 8.95. The molecule has 0 saturated carbocycles. The highest BCUT2D eigenvalue weighted by Gasteiger charge is 2.13. The molecular weight excluding hydrogens is 218 g/mol. The van der Waals surface area contributed by atoms with Crippen LogP contribution in [0.5, 0.6) is 0 Å². The summed E-state index contributed by atoms with van der Waals surface area (Å²) in [7, 11) is 0. The number of hydrogen-bond donors (Lipinski definition) is 0. The number of allylic oxidation sites excluding steroid dienone is 2. The largest absolute Gasteiger partial charge is 0.337 e. The standard InChI is InChI=1S/C17H15N/c1-3-9-15(10-4-1)17-13-7-8-14-18(17)16-11-5-2-6-12-16/h1-13H,14H2. The first-order valence-corrected chi connectivity index (χ1v) is 6.20. The summed E-state index contributed by atoms with van der Waals surface area (Å²) in [5.74, 6) is 0. The fourth-order valence-corrected chi connectivity index (χ4v) is 2.23. The molecular formula is C17H15N. The zero-order chi connectivity index (χ0) is 12.2. The molecule has 1 aliphatic rings. The quantitative estimate of drug-likeness (QED) is 0.754. The average Bonchev–Trinajstić information content (AvgIpc) is 2.49. The van der Waals surface area contributed by atoms with Crippen LogP contribution in [0.4, 0.5) is 5.69 Å². The molecule has 0 bridgehead atoms. The van der Waals surface area contributed by atoms with Gasteiger partial charge in [0.1, 0.15) is 0 Å². The Hall–Kier alpha value is -2.28. The molecule has 0 aliphatic carbocycles. The highest BCUT2D eigenvalue weighted by molar-refractivity contribution is 5.81. The van der Waals surface area contributed by atoms with Crippen LogP contribution in [-0.2, 0) is 0 Å². The van der Waals surface area contributed by atoms with Gasteiger partial charge >= 0.3 is 0 Å². The third-order valence-corrected chi connectivity index (χ3v) is 3.11. The van der Waals surface area contributed by atoms with Crippen LogP contribution in [0, 0.1) is 0 Å². The van der Waals surface area contributed by atoms with Gasteiger partial charge in [0.05, 0.1) is 0 Å². The summed E-state index contributed by atoms with van der Waals surface area (Å²) in [5, 5.41) is 0. The maximum absolute atomic E-state index is 2.33. The third kappa shape index (κ3) is 2.07. The van der Waals surface area contributed by atoms with E-state index in [1.54, 1.807) is 0 Å². The van der Waals surface area contributed by atoms with E-state index in [1.807, 2.05) is 0 Å². The summed E-state index contributed by atoms with van der Waals surface area (Å²) >= 11 is 0. The lowest BCUT2D eigenvalue weighted by molar-refractivity contribution is 1.09. The molecule has 0 radical (unpaired) electrons. The second-order valence-corrected chi connectivity index (χ2v) is 4.29. The Balaban J connectivity index is 2.01. The van der Waals surface area contributed by atoms with Crippen LogP contribution in [0.1, 0.15) is 5.56 Å². The highest BCUT2D eigenvalue weighted by Crippen LogP contribution is 2.27. The van der Waals surface area contributed by atoms with Crippen molar-refractivity contribution in [1.29, 1.82) is 0 Å². The summed E-state index contributed by atoms with van der Waals surface area (Å²) in [6.07, 6.45) is 6.48. The van der Waals surface area contributed by atoms with Crippen molar-refractivity contribution >= 4 is 11.4 Å². The maximum Gasteiger partial charge on any atom is 0.0487 e. The van der Waals surface area contributed by atoms with Crippen LogP contribution in [0.25, 0.3) is 5.70 Å². The smallest absolute Gasteiger partial charge is 0.0487 e. The molecule has 0 fully saturated rings. The second kappa shape index (κ2) is 4.92. The van der Waals surface area contributed by atoms with Gasteiger partial charge in [-0.25, -0.2) is 0 Å². The van der Waals surface area contributed by atoms with Crippen LogP contribution in [0.2, 0.25) is 0 Å². The minimum atomic E-state index is 0.921. The summed E-state index contributed by atoms with van der Waals surface area (Å²) in [4.78, 5) is 2.33. The van der Waals surface area contributed by atoms with Crippen LogP contribution >= 0.6 is 0 Å². The zero-order valence-electron chi connectivity index (χ0n) is 10.2. The van der Waals surface area contributed by atoms with Gasteiger partial charge < -0.3 is 4.90 Å². The lowest BCUT2D eigenvalue weighted by atomic mass is 10.1. The number of nitrogens with zero attached hydrogens (tertiary/aromatic N) is 1. The highest BCUT2D eigenvalue weighted by atomic mass is 15.1. The number of para-hydroxylation sites is 1. The van der Waals surface area contributed by atoms with Gasteiger partial charge in [0.15, 0.2) is 0 Å². The first-order valence-electron chi connectivity index (χ1n) is 6.20. The molecule has 2 aromatic rings. The van der Waals surface area contributed by atoms with Crippen LogP contribution in [0.15, 0.2) is 78.9 Å². The molecule has 0 unspecified atom stereocenters. The monoisotopic (exact) mass is 233 g/mol. The molecule has 1 heteroatoms. The van der Waals surface area contributed by atoms with Crippen molar-refractivity contribution in [3.63, 3.8) is 0 Å². The Kier molecular flexibility index (Phi) is 2.97. The van der Waals surface area contributed by atoms with E-state index >= 15 is 0 Å². The summed E-state index contributed by atoms with van der Waals surface area (Å²) in [6, 6.07) is 21.0. The lowest BCUT2D eigenvalue weighted by Gasteiger charge is -2.28. The fraction of sp³-hybridized carbons (Fsp3) is 0.0588. The molecule has 3 rings (SSSR count). The van der Waals surface area contributed by atoms with Crippen molar-refractivity contribution in [1.82, 2.24) is 0 Å². The SMILES string of the molecule is C1=CCN(c2ccccc2)C(c2ccccc2)=C1. The van der Waals surface area contributed by atoms with Gasteiger partial charge in [-0.05, 0) is 23.8 Å². The van der Waals surface area contributed by atoms with Gasteiger partial charge in [0, 0.05) is 17.9 Å². The number of benzene rings is 2. The molecule has 0 N–H and O–H groups in total. The molecule has 0 saturated heterocycles. The van der Waals surface area contributed by atoms with Crippen LogP contribution in [0.3, 0.4) is 0 Å². The molecule has 0 atom stereocenters. The van der Waals surface area contributed by atoms with Crippen LogP contribution < -0.4 is 4.90 Å². The van der Waals surface area contributed by atoms with Gasteiger partial charge in [0.25, 0.3) is 0 Å². The zero-order valence-corrected chi connectivity index (χ0v) is 10.2. The normalized spacial score (nSPS) is 14.4. The summed E-state index contributed by atoms with van der Waals surface area (Å²) in [6.45, 7) is 0.921. The molecule has 2 aromatic carbocycles. The van der Waals surface area contributed by atoms with Crippen molar-refractivity contribution in [3.8, 4) is 0 Å². The molecule has 1 nitrogen and oxygen atoms in total. The van der Waals surface area contributed by atoms with E-state index in [-0.39, 0.29) is 0 Å². The van der Waals surface area contributed by atoms with Crippen LogP contribution in [-0.4, -0.2) is 6.54 Å². The van der Waals surface area contributed by atoms with E-state index in [1.165, 1.54) is 16.9 Å². The van der Waals surface area contributed by atoms with Gasteiger partial charge in [0.2, 0.25) is 0 Å². The molecule has 0 spiro atoms. The van der Waals surface area contributed by atoms with E-state index in [2.05, 4.69) is 83.8 Å². The average molecular weight is 233 g/mol. The topological polar surface area (TPSA) is 3.24 Å². The first kappa shape index (κ1) is 10.8. The Bertz CT molecular complexity index is 567. The molecule has 0 aromatic heterocycles. The number of rotatable bonds is 2. The Labute approximate surface area is 108 Å². The van der Waals surface area contributed by atoms with E-state index in [0.29, 0.717) is 0 Å². The minimum absolute atomic E-state index is 0.921.